The number of aliphatic hydroxyl groups is 1. The van der Waals surface area contributed by atoms with Crippen LogP contribution in [0.15, 0.2) is 88.9 Å². The first-order valence-corrected chi connectivity index (χ1v) is 11.0. The maximum Gasteiger partial charge on any atom is 0.300 e. The Balaban J connectivity index is 1.89. The summed E-state index contributed by atoms with van der Waals surface area (Å²) < 4.78 is 6.59. The average Bonchev–Trinajstić information content (AvgIpc) is 3.05. The minimum atomic E-state index is -0.757. The third kappa shape index (κ3) is 4.18. The van der Waals surface area contributed by atoms with Gasteiger partial charge < -0.3 is 9.84 Å². The molecule has 1 unspecified atom stereocenters. The van der Waals surface area contributed by atoms with E-state index in [0.29, 0.717) is 17.0 Å². The summed E-state index contributed by atoms with van der Waals surface area (Å²) in [5.41, 5.74) is 1.76. The second-order valence-corrected chi connectivity index (χ2v) is 8.67. The van der Waals surface area contributed by atoms with Gasteiger partial charge in [0.15, 0.2) is 0 Å². The normalized spacial score (nSPS) is 17.8. The summed E-state index contributed by atoms with van der Waals surface area (Å²) in [6, 6.07) is 22.5. The van der Waals surface area contributed by atoms with Crippen LogP contribution in [0.3, 0.4) is 0 Å². The first-order chi connectivity index (χ1) is 15.4. The Morgan fingerprint density at radius 1 is 0.969 bits per heavy atom. The first kappa shape index (κ1) is 21.8. The molecular weight excluding hydrogens is 470 g/mol. The molecule has 3 aromatic carbocycles. The molecule has 0 aliphatic carbocycles. The lowest BCUT2D eigenvalue weighted by Crippen LogP contribution is -2.29. The lowest BCUT2D eigenvalue weighted by Gasteiger charge is -2.25. The number of amides is 1. The second-order valence-electron chi connectivity index (χ2n) is 7.75. The molecule has 1 heterocycles. The van der Waals surface area contributed by atoms with E-state index in [-0.39, 0.29) is 17.4 Å². The van der Waals surface area contributed by atoms with E-state index in [9.17, 15) is 14.7 Å². The molecule has 6 heteroatoms. The number of halogens is 1. The maximum atomic E-state index is 13.2. The van der Waals surface area contributed by atoms with E-state index >= 15 is 0 Å². The van der Waals surface area contributed by atoms with Crippen molar-refractivity contribution >= 4 is 39.1 Å². The molecule has 1 fully saturated rings. The molecular formula is C26H22BrNO4. The van der Waals surface area contributed by atoms with Gasteiger partial charge in [-0.2, -0.15) is 0 Å². The highest BCUT2D eigenvalue weighted by Crippen LogP contribution is 2.42. The number of rotatable bonds is 5. The lowest BCUT2D eigenvalue weighted by molar-refractivity contribution is -0.132. The van der Waals surface area contributed by atoms with Gasteiger partial charge in [0.05, 0.1) is 17.7 Å². The molecule has 0 saturated carbocycles. The summed E-state index contributed by atoms with van der Waals surface area (Å²) in [7, 11) is 0. The Kier molecular flexibility index (Phi) is 6.15. The number of anilines is 1. The zero-order chi connectivity index (χ0) is 22.8. The van der Waals surface area contributed by atoms with Gasteiger partial charge in [-0.3, -0.25) is 14.5 Å². The summed E-state index contributed by atoms with van der Waals surface area (Å²) >= 11 is 3.40. The zero-order valence-electron chi connectivity index (χ0n) is 17.7. The molecule has 0 spiro atoms. The van der Waals surface area contributed by atoms with E-state index < -0.39 is 17.7 Å². The topological polar surface area (TPSA) is 66.8 Å². The van der Waals surface area contributed by atoms with E-state index in [1.165, 1.54) is 4.90 Å². The molecule has 32 heavy (non-hydrogen) atoms. The number of hydrogen-bond acceptors (Lipinski definition) is 4. The molecule has 1 amide bonds. The van der Waals surface area contributed by atoms with Crippen molar-refractivity contribution in [3.8, 4) is 5.75 Å². The lowest BCUT2D eigenvalue weighted by atomic mass is 9.95. The monoisotopic (exact) mass is 491 g/mol. The fraction of sp³-hybridized carbons (Fsp3) is 0.154. The number of nitrogens with zero attached hydrogens (tertiary/aromatic N) is 1. The molecule has 162 valence electrons. The number of hydrogen-bond donors (Lipinski definition) is 1. The standard InChI is InChI=1S/C26H22BrNO4/c1-16(2)32-21-10-6-9-18(15-21)24(29)22-23(17-7-4-3-5-8-17)28(26(31)25(22)30)20-13-11-19(27)12-14-20/h3-16,23,29H,1-2H3/b24-22-. The highest BCUT2D eigenvalue weighted by molar-refractivity contribution is 9.10. The van der Waals surface area contributed by atoms with Crippen molar-refractivity contribution in [2.45, 2.75) is 26.0 Å². The number of benzene rings is 3. The molecule has 5 nitrogen and oxygen atoms in total. The SMILES string of the molecule is CC(C)Oc1cccc(/C(O)=C2/C(=O)C(=O)N(c3ccc(Br)cc3)C2c2ccccc2)c1. The Bertz CT molecular complexity index is 1190. The Labute approximate surface area is 195 Å². The van der Waals surface area contributed by atoms with E-state index in [1.807, 2.05) is 56.3 Å². The third-order valence-corrected chi connectivity index (χ3v) is 5.67. The van der Waals surface area contributed by atoms with Crippen LogP contribution in [0.1, 0.15) is 31.0 Å². The van der Waals surface area contributed by atoms with Gasteiger partial charge in [0.25, 0.3) is 11.7 Å². The first-order valence-electron chi connectivity index (χ1n) is 10.3. The van der Waals surface area contributed by atoms with Gasteiger partial charge >= 0.3 is 0 Å². The van der Waals surface area contributed by atoms with Gasteiger partial charge in [-0.05, 0) is 55.8 Å². The highest BCUT2D eigenvalue weighted by Gasteiger charge is 2.46. The minimum Gasteiger partial charge on any atom is -0.507 e. The Morgan fingerprint density at radius 2 is 1.66 bits per heavy atom. The van der Waals surface area contributed by atoms with Crippen molar-refractivity contribution in [2.75, 3.05) is 4.90 Å². The van der Waals surface area contributed by atoms with Crippen LogP contribution in [-0.2, 0) is 9.59 Å². The zero-order valence-corrected chi connectivity index (χ0v) is 19.2. The molecule has 1 aliphatic rings. The minimum absolute atomic E-state index is 0.0419. The molecule has 0 radical (unpaired) electrons. The number of carbonyl (C=O) groups is 2. The summed E-state index contributed by atoms with van der Waals surface area (Å²) in [5.74, 6) is -1.07. The van der Waals surface area contributed by atoms with Gasteiger partial charge in [0.2, 0.25) is 0 Å². The largest absolute Gasteiger partial charge is 0.507 e. The van der Waals surface area contributed by atoms with Crippen LogP contribution in [0.4, 0.5) is 5.69 Å². The second kappa shape index (κ2) is 9.01. The van der Waals surface area contributed by atoms with E-state index in [2.05, 4.69) is 15.9 Å². The van der Waals surface area contributed by atoms with E-state index in [4.69, 9.17) is 4.74 Å². The van der Waals surface area contributed by atoms with Crippen molar-refractivity contribution in [1.82, 2.24) is 0 Å². The fourth-order valence-corrected chi connectivity index (χ4v) is 4.06. The molecule has 4 rings (SSSR count). The molecule has 1 atom stereocenters. The van der Waals surface area contributed by atoms with Crippen LogP contribution in [0, 0.1) is 0 Å². The van der Waals surface area contributed by atoms with Gasteiger partial charge in [0, 0.05) is 15.7 Å². The summed E-state index contributed by atoms with van der Waals surface area (Å²) in [4.78, 5) is 27.7. The van der Waals surface area contributed by atoms with Crippen LogP contribution < -0.4 is 9.64 Å². The molecule has 0 aromatic heterocycles. The third-order valence-electron chi connectivity index (χ3n) is 5.14. The molecule has 1 N–H and O–H groups in total. The van der Waals surface area contributed by atoms with E-state index in [0.717, 1.165) is 10.0 Å². The van der Waals surface area contributed by atoms with Gasteiger partial charge in [-0.1, -0.05) is 58.4 Å². The Hall–Kier alpha value is -3.38. The van der Waals surface area contributed by atoms with Gasteiger partial charge in [-0.15, -0.1) is 0 Å². The van der Waals surface area contributed by atoms with Crippen LogP contribution in [0.25, 0.3) is 5.76 Å². The van der Waals surface area contributed by atoms with Gasteiger partial charge in [-0.25, -0.2) is 0 Å². The molecule has 1 saturated heterocycles. The van der Waals surface area contributed by atoms with Crippen LogP contribution >= 0.6 is 15.9 Å². The number of aliphatic hydroxyl groups excluding tert-OH is 1. The van der Waals surface area contributed by atoms with Crippen LogP contribution in [0.2, 0.25) is 0 Å². The Morgan fingerprint density at radius 3 is 2.31 bits per heavy atom. The van der Waals surface area contributed by atoms with Gasteiger partial charge in [0.1, 0.15) is 11.5 Å². The average molecular weight is 492 g/mol. The predicted molar refractivity (Wildman–Crippen MR) is 128 cm³/mol. The number of Topliss-reactive ketones (excluding diaryl/α,β-unsaturated/α-hetero) is 1. The predicted octanol–water partition coefficient (Wildman–Crippen LogP) is 5.86. The molecule has 3 aromatic rings. The molecule has 0 bridgehead atoms. The number of carbonyl (C=O) groups excluding carboxylic acids is 2. The summed E-state index contributed by atoms with van der Waals surface area (Å²) in [6.07, 6.45) is -0.0419. The van der Waals surface area contributed by atoms with Crippen molar-refractivity contribution in [3.63, 3.8) is 0 Å². The van der Waals surface area contributed by atoms with Crippen LogP contribution in [-0.4, -0.2) is 22.9 Å². The smallest absolute Gasteiger partial charge is 0.300 e. The highest BCUT2D eigenvalue weighted by atomic mass is 79.9. The quantitative estimate of drug-likeness (QED) is 0.275. The fourth-order valence-electron chi connectivity index (χ4n) is 3.80. The number of ether oxygens (including phenoxy) is 1. The van der Waals surface area contributed by atoms with Crippen molar-refractivity contribution in [1.29, 1.82) is 0 Å². The molecule has 1 aliphatic heterocycles. The number of ketones is 1. The van der Waals surface area contributed by atoms with Crippen molar-refractivity contribution in [2.24, 2.45) is 0 Å². The van der Waals surface area contributed by atoms with Crippen molar-refractivity contribution in [3.05, 3.63) is 100 Å². The maximum absolute atomic E-state index is 13.2. The van der Waals surface area contributed by atoms with Crippen molar-refractivity contribution < 1.29 is 19.4 Å². The van der Waals surface area contributed by atoms with E-state index in [1.54, 1.807) is 36.4 Å². The summed E-state index contributed by atoms with van der Waals surface area (Å²) in [6.45, 7) is 3.82. The summed E-state index contributed by atoms with van der Waals surface area (Å²) in [5, 5.41) is 11.2. The van der Waals surface area contributed by atoms with Crippen LogP contribution in [0.5, 0.6) is 5.75 Å².